The van der Waals surface area contributed by atoms with E-state index in [1.54, 1.807) is 36.3 Å². The Kier molecular flexibility index (Phi) is 6.96. The number of piperidine rings is 1. The van der Waals surface area contributed by atoms with Crippen LogP contribution in [0, 0.1) is 11.8 Å². The summed E-state index contributed by atoms with van der Waals surface area (Å²) in [4.78, 5) is 42.0. The van der Waals surface area contributed by atoms with E-state index < -0.39 is 11.9 Å². The Morgan fingerprint density at radius 2 is 1.73 bits per heavy atom. The van der Waals surface area contributed by atoms with Gasteiger partial charge in [-0.05, 0) is 54.5 Å². The van der Waals surface area contributed by atoms with Gasteiger partial charge in [-0.2, -0.15) is 0 Å². The number of rotatable bonds is 6. The van der Waals surface area contributed by atoms with Crippen molar-refractivity contribution in [2.45, 2.75) is 31.7 Å². The third-order valence-electron chi connectivity index (χ3n) is 6.99. The summed E-state index contributed by atoms with van der Waals surface area (Å²) in [6.45, 7) is 1.73. The van der Waals surface area contributed by atoms with Crippen LogP contribution < -0.4 is 10.5 Å². The SMILES string of the molecule is COc1ccc(C(=O)N2CCC3CC(=O)N(C(Cc4ccccc4)C(N)=O)CCC3C2)cc1. The second-order valence-electron chi connectivity index (χ2n) is 8.98. The number of fused-ring (bicyclic) bond motifs is 1. The highest BCUT2D eigenvalue weighted by Crippen LogP contribution is 2.34. The summed E-state index contributed by atoms with van der Waals surface area (Å²) < 4.78 is 5.18. The number of carbonyl (C=O) groups is 3. The normalized spacial score (nSPS) is 21.7. The molecule has 33 heavy (non-hydrogen) atoms. The molecule has 0 radical (unpaired) electrons. The van der Waals surface area contributed by atoms with Crippen molar-refractivity contribution in [3.05, 3.63) is 65.7 Å². The van der Waals surface area contributed by atoms with Crippen LogP contribution >= 0.6 is 0 Å². The van der Waals surface area contributed by atoms with Crippen LogP contribution in [0.2, 0.25) is 0 Å². The number of amides is 3. The lowest BCUT2D eigenvalue weighted by molar-refractivity contribution is -0.139. The predicted octanol–water partition coefficient (Wildman–Crippen LogP) is 2.49. The average Bonchev–Trinajstić information content (AvgIpc) is 3.00. The van der Waals surface area contributed by atoms with Crippen LogP contribution in [0.5, 0.6) is 5.75 Å². The van der Waals surface area contributed by atoms with Gasteiger partial charge in [0.05, 0.1) is 7.11 Å². The van der Waals surface area contributed by atoms with Crippen LogP contribution in [0.4, 0.5) is 0 Å². The molecule has 174 valence electrons. The number of carbonyl (C=O) groups excluding carboxylic acids is 3. The molecule has 7 heteroatoms. The van der Waals surface area contributed by atoms with E-state index in [0.29, 0.717) is 43.8 Å². The summed E-state index contributed by atoms with van der Waals surface area (Å²) in [5, 5.41) is 0. The maximum atomic E-state index is 13.1. The molecule has 2 heterocycles. The molecule has 0 aromatic heterocycles. The van der Waals surface area contributed by atoms with Gasteiger partial charge in [0.25, 0.3) is 5.91 Å². The van der Waals surface area contributed by atoms with Crippen molar-refractivity contribution >= 4 is 17.7 Å². The summed E-state index contributed by atoms with van der Waals surface area (Å²) in [5.74, 6) is 0.660. The molecule has 4 rings (SSSR count). The lowest BCUT2D eigenvalue weighted by atomic mass is 9.82. The van der Waals surface area contributed by atoms with Crippen LogP contribution in [0.1, 0.15) is 35.2 Å². The standard InChI is InChI=1S/C26H31N3O4/c1-33-22-9-7-19(8-10-22)26(32)28-13-11-20-16-24(30)29(14-12-21(20)17-28)23(25(27)31)15-18-5-3-2-4-6-18/h2-10,20-21,23H,11-17H2,1H3,(H2,27,31). The highest BCUT2D eigenvalue weighted by atomic mass is 16.5. The second kappa shape index (κ2) is 10.1. The monoisotopic (exact) mass is 449 g/mol. The van der Waals surface area contributed by atoms with Gasteiger partial charge in [-0.1, -0.05) is 30.3 Å². The van der Waals surface area contributed by atoms with Crippen LogP contribution in [-0.4, -0.2) is 60.3 Å². The third kappa shape index (κ3) is 5.18. The number of nitrogens with zero attached hydrogens (tertiary/aromatic N) is 2. The molecule has 2 N–H and O–H groups in total. The molecule has 2 saturated heterocycles. The highest BCUT2D eigenvalue weighted by molar-refractivity contribution is 5.94. The van der Waals surface area contributed by atoms with Crippen LogP contribution in [-0.2, 0) is 16.0 Å². The third-order valence-corrected chi connectivity index (χ3v) is 6.99. The number of hydrogen-bond acceptors (Lipinski definition) is 4. The first-order valence-corrected chi connectivity index (χ1v) is 11.5. The zero-order valence-electron chi connectivity index (χ0n) is 19.0. The molecule has 7 nitrogen and oxygen atoms in total. The van der Waals surface area contributed by atoms with Gasteiger partial charge < -0.3 is 20.3 Å². The maximum Gasteiger partial charge on any atom is 0.253 e. The highest BCUT2D eigenvalue weighted by Gasteiger charge is 2.39. The molecular formula is C26H31N3O4. The molecule has 2 aromatic carbocycles. The lowest BCUT2D eigenvalue weighted by Gasteiger charge is -2.37. The Bertz CT molecular complexity index is 992. The number of methoxy groups -OCH3 is 1. The number of ether oxygens (including phenoxy) is 1. The van der Waals surface area contributed by atoms with E-state index in [-0.39, 0.29) is 23.7 Å². The fraction of sp³-hybridized carbons (Fsp3) is 0.423. The number of hydrogen-bond donors (Lipinski definition) is 1. The van der Waals surface area contributed by atoms with Crippen molar-refractivity contribution in [3.63, 3.8) is 0 Å². The van der Waals surface area contributed by atoms with E-state index in [0.717, 1.165) is 18.4 Å². The summed E-state index contributed by atoms with van der Waals surface area (Å²) in [6, 6.07) is 16.1. The minimum absolute atomic E-state index is 0.00243. The Labute approximate surface area is 194 Å². The van der Waals surface area contributed by atoms with Crippen molar-refractivity contribution in [1.29, 1.82) is 0 Å². The minimum atomic E-state index is -0.655. The Morgan fingerprint density at radius 3 is 2.39 bits per heavy atom. The van der Waals surface area contributed by atoms with Crippen molar-refractivity contribution in [1.82, 2.24) is 9.80 Å². The minimum Gasteiger partial charge on any atom is -0.497 e. The van der Waals surface area contributed by atoms with Gasteiger partial charge in [-0.25, -0.2) is 0 Å². The molecule has 0 spiro atoms. The van der Waals surface area contributed by atoms with Gasteiger partial charge in [0.1, 0.15) is 11.8 Å². The number of likely N-dealkylation sites (tertiary alicyclic amines) is 2. The molecule has 3 amide bonds. The molecule has 2 fully saturated rings. The van der Waals surface area contributed by atoms with Crippen LogP contribution in [0.15, 0.2) is 54.6 Å². The van der Waals surface area contributed by atoms with Gasteiger partial charge >= 0.3 is 0 Å². The first-order chi connectivity index (χ1) is 16.0. The Morgan fingerprint density at radius 1 is 1.03 bits per heavy atom. The molecule has 3 atom stereocenters. The summed E-state index contributed by atoms with van der Waals surface area (Å²) in [5.41, 5.74) is 7.34. The summed E-state index contributed by atoms with van der Waals surface area (Å²) in [7, 11) is 1.60. The van der Waals surface area contributed by atoms with Gasteiger partial charge in [-0.15, -0.1) is 0 Å². The summed E-state index contributed by atoms with van der Waals surface area (Å²) >= 11 is 0. The fourth-order valence-electron chi connectivity index (χ4n) is 5.08. The molecule has 2 aliphatic rings. The number of nitrogens with two attached hydrogens (primary N) is 1. The van der Waals surface area contributed by atoms with Gasteiger partial charge in [-0.3, -0.25) is 14.4 Å². The van der Waals surface area contributed by atoms with Gasteiger partial charge in [0.2, 0.25) is 11.8 Å². The summed E-state index contributed by atoms with van der Waals surface area (Å²) in [6.07, 6.45) is 2.35. The first-order valence-electron chi connectivity index (χ1n) is 11.5. The predicted molar refractivity (Wildman–Crippen MR) is 125 cm³/mol. The molecule has 2 aromatic rings. The first kappa shape index (κ1) is 22.8. The topological polar surface area (TPSA) is 92.9 Å². The number of primary amides is 1. The Balaban J connectivity index is 1.44. The zero-order chi connectivity index (χ0) is 23.4. The zero-order valence-corrected chi connectivity index (χ0v) is 19.0. The molecule has 0 bridgehead atoms. The van der Waals surface area contributed by atoms with E-state index in [1.165, 1.54) is 0 Å². The van der Waals surface area contributed by atoms with E-state index in [4.69, 9.17) is 10.5 Å². The molecular weight excluding hydrogens is 418 g/mol. The van der Waals surface area contributed by atoms with Gasteiger partial charge in [0, 0.05) is 38.0 Å². The van der Waals surface area contributed by atoms with Crippen molar-refractivity contribution in [2.24, 2.45) is 17.6 Å². The van der Waals surface area contributed by atoms with E-state index in [2.05, 4.69) is 0 Å². The number of benzene rings is 2. The molecule has 2 aliphatic heterocycles. The van der Waals surface area contributed by atoms with E-state index in [1.807, 2.05) is 35.2 Å². The molecule has 0 aliphatic carbocycles. The van der Waals surface area contributed by atoms with Crippen molar-refractivity contribution < 1.29 is 19.1 Å². The van der Waals surface area contributed by atoms with E-state index >= 15 is 0 Å². The maximum absolute atomic E-state index is 13.1. The quantitative estimate of drug-likeness (QED) is 0.733. The lowest BCUT2D eigenvalue weighted by Crippen LogP contribution is -2.49. The molecule has 3 unspecified atom stereocenters. The van der Waals surface area contributed by atoms with Crippen molar-refractivity contribution in [2.75, 3.05) is 26.7 Å². The van der Waals surface area contributed by atoms with E-state index in [9.17, 15) is 14.4 Å². The van der Waals surface area contributed by atoms with Crippen molar-refractivity contribution in [3.8, 4) is 5.75 Å². The van der Waals surface area contributed by atoms with Crippen LogP contribution in [0.3, 0.4) is 0 Å². The smallest absolute Gasteiger partial charge is 0.253 e. The second-order valence-corrected chi connectivity index (χ2v) is 8.98. The largest absolute Gasteiger partial charge is 0.497 e. The van der Waals surface area contributed by atoms with Crippen LogP contribution in [0.25, 0.3) is 0 Å². The Hall–Kier alpha value is -3.35. The fourth-order valence-corrected chi connectivity index (χ4v) is 5.08. The molecule has 0 saturated carbocycles. The van der Waals surface area contributed by atoms with Gasteiger partial charge in [0.15, 0.2) is 0 Å². The average molecular weight is 450 g/mol.